The molecule has 1 aromatic rings. The van der Waals surface area contributed by atoms with Crippen molar-refractivity contribution in [1.29, 1.82) is 0 Å². The largest absolute Gasteiger partial charge is 0.442 e. The molecular formula is C25H34N2O4. The van der Waals surface area contributed by atoms with Gasteiger partial charge in [0.2, 0.25) is 0 Å². The van der Waals surface area contributed by atoms with E-state index < -0.39 is 17.4 Å². The minimum absolute atomic E-state index is 0.103. The summed E-state index contributed by atoms with van der Waals surface area (Å²) in [6.45, 7) is 6.22. The molecule has 2 aliphatic heterocycles. The maximum absolute atomic E-state index is 13.0. The minimum Gasteiger partial charge on any atom is -0.442 e. The van der Waals surface area contributed by atoms with Gasteiger partial charge >= 0.3 is 6.09 Å². The first kappa shape index (κ1) is 21.9. The Bertz CT molecular complexity index is 882. The highest BCUT2D eigenvalue weighted by Gasteiger charge is 2.53. The number of aliphatic hydroxyl groups excluding tert-OH is 1. The molecule has 0 spiro atoms. The van der Waals surface area contributed by atoms with Crippen molar-refractivity contribution in [2.24, 2.45) is 5.92 Å². The molecule has 4 rings (SSSR count). The Labute approximate surface area is 184 Å². The summed E-state index contributed by atoms with van der Waals surface area (Å²) in [6.07, 6.45) is 8.11. The van der Waals surface area contributed by atoms with Gasteiger partial charge in [0.05, 0.1) is 11.6 Å². The van der Waals surface area contributed by atoms with Gasteiger partial charge in [-0.3, -0.25) is 0 Å². The summed E-state index contributed by atoms with van der Waals surface area (Å²) in [4.78, 5) is 16.5. The average Bonchev–Trinajstić information content (AvgIpc) is 3.54. The van der Waals surface area contributed by atoms with Gasteiger partial charge in [-0.1, -0.05) is 24.3 Å². The van der Waals surface area contributed by atoms with E-state index in [4.69, 9.17) is 4.74 Å². The van der Waals surface area contributed by atoms with E-state index >= 15 is 0 Å². The molecule has 0 aromatic heterocycles. The molecule has 6 nitrogen and oxygen atoms in total. The van der Waals surface area contributed by atoms with Crippen molar-refractivity contribution in [3.8, 4) is 0 Å². The van der Waals surface area contributed by atoms with Gasteiger partial charge in [-0.2, -0.15) is 0 Å². The standard InChI is InChI=1S/C25H34N2O4/c1-17(18-5-7-19(8-6-18)20-11-13-26(4)22(28)15-20)27-14-12-25(21-9-10-21,31-23(27)29)16-24(2,3)30/h5-8,11,13,15,17,21-22,28,30H,9-10,12,14,16H2,1-4H3/t17-,22?,25?/m0/s1. The van der Waals surface area contributed by atoms with Crippen LogP contribution in [-0.4, -0.2) is 57.1 Å². The number of benzene rings is 1. The number of aliphatic hydroxyl groups is 2. The van der Waals surface area contributed by atoms with E-state index in [1.807, 2.05) is 56.6 Å². The molecule has 168 valence electrons. The van der Waals surface area contributed by atoms with Crippen LogP contribution in [0.5, 0.6) is 0 Å². The maximum Gasteiger partial charge on any atom is 0.410 e. The lowest BCUT2D eigenvalue weighted by molar-refractivity contribution is -0.108. The number of hydrogen-bond donors (Lipinski definition) is 2. The summed E-state index contributed by atoms with van der Waals surface area (Å²) >= 11 is 0. The summed E-state index contributed by atoms with van der Waals surface area (Å²) < 4.78 is 6.05. The van der Waals surface area contributed by atoms with Crippen LogP contribution in [0.25, 0.3) is 5.57 Å². The third-order valence-electron chi connectivity index (χ3n) is 6.78. The van der Waals surface area contributed by atoms with Gasteiger partial charge in [0.15, 0.2) is 0 Å². The highest BCUT2D eigenvalue weighted by atomic mass is 16.6. The fraction of sp³-hybridized carbons (Fsp3) is 0.560. The zero-order valence-electron chi connectivity index (χ0n) is 18.9. The molecule has 0 bridgehead atoms. The van der Waals surface area contributed by atoms with Crippen LogP contribution in [0.4, 0.5) is 4.79 Å². The number of ether oxygens (including phenoxy) is 1. The van der Waals surface area contributed by atoms with Crippen LogP contribution in [0, 0.1) is 5.92 Å². The van der Waals surface area contributed by atoms with Crippen LogP contribution in [0.3, 0.4) is 0 Å². The van der Waals surface area contributed by atoms with Crippen molar-refractivity contribution in [2.45, 2.75) is 69.9 Å². The Kier molecular flexibility index (Phi) is 5.64. The molecule has 1 saturated carbocycles. The van der Waals surface area contributed by atoms with Gasteiger partial charge in [0.1, 0.15) is 11.8 Å². The first-order valence-electron chi connectivity index (χ1n) is 11.2. The van der Waals surface area contributed by atoms with E-state index in [0.29, 0.717) is 18.9 Å². The zero-order chi connectivity index (χ0) is 22.4. The summed E-state index contributed by atoms with van der Waals surface area (Å²) in [6, 6.07) is 8.02. The van der Waals surface area contributed by atoms with Gasteiger partial charge in [-0.05, 0) is 68.4 Å². The molecular weight excluding hydrogens is 392 g/mol. The van der Waals surface area contributed by atoms with Crippen molar-refractivity contribution in [2.75, 3.05) is 13.6 Å². The molecule has 31 heavy (non-hydrogen) atoms. The second kappa shape index (κ2) is 7.99. The van der Waals surface area contributed by atoms with Crippen LogP contribution in [0.1, 0.15) is 63.6 Å². The third kappa shape index (κ3) is 4.65. The Morgan fingerprint density at radius 1 is 1.26 bits per heavy atom. The summed E-state index contributed by atoms with van der Waals surface area (Å²) in [5.41, 5.74) is 1.64. The van der Waals surface area contributed by atoms with E-state index in [-0.39, 0.29) is 12.1 Å². The smallest absolute Gasteiger partial charge is 0.410 e. The van der Waals surface area contributed by atoms with E-state index in [0.717, 1.165) is 36.0 Å². The highest BCUT2D eigenvalue weighted by molar-refractivity contribution is 5.75. The van der Waals surface area contributed by atoms with Crippen LogP contribution >= 0.6 is 0 Å². The predicted molar refractivity (Wildman–Crippen MR) is 120 cm³/mol. The number of nitrogens with zero attached hydrogens (tertiary/aromatic N) is 2. The lowest BCUT2D eigenvalue weighted by atomic mass is 9.81. The molecule has 1 aromatic carbocycles. The van der Waals surface area contributed by atoms with Gasteiger partial charge < -0.3 is 24.7 Å². The summed E-state index contributed by atoms with van der Waals surface area (Å²) in [5, 5.41) is 20.4. The molecule has 2 N–H and O–H groups in total. The minimum atomic E-state index is -0.864. The third-order valence-corrected chi connectivity index (χ3v) is 6.78. The monoisotopic (exact) mass is 426 g/mol. The molecule has 3 atom stereocenters. The van der Waals surface area contributed by atoms with Crippen molar-refractivity contribution >= 4 is 11.7 Å². The maximum atomic E-state index is 13.0. The lowest BCUT2D eigenvalue weighted by Gasteiger charge is -2.45. The molecule has 2 heterocycles. The Morgan fingerprint density at radius 3 is 2.48 bits per heavy atom. The fourth-order valence-electron chi connectivity index (χ4n) is 4.88. The van der Waals surface area contributed by atoms with Crippen molar-refractivity contribution < 1.29 is 19.7 Å². The summed E-state index contributed by atoms with van der Waals surface area (Å²) in [7, 11) is 1.83. The Morgan fingerprint density at radius 2 is 1.94 bits per heavy atom. The normalized spacial score (nSPS) is 27.7. The molecule has 2 fully saturated rings. The van der Waals surface area contributed by atoms with Crippen LogP contribution < -0.4 is 0 Å². The van der Waals surface area contributed by atoms with Gasteiger partial charge in [0.25, 0.3) is 0 Å². The van der Waals surface area contributed by atoms with Crippen molar-refractivity contribution in [3.63, 3.8) is 0 Å². The molecule has 6 heteroatoms. The quantitative estimate of drug-likeness (QED) is 0.718. The molecule has 1 amide bonds. The number of likely N-dealkylation sites (N-methyl/N-ethyl adjacent to an activating group) is 1. The predicted octanol–water partition coefficient (Wildman–Crippen LogP) is 4.06. The highest BCUT2D eigenvalue weighted by Crippen LogP contribution is 2.50. The topological polar surface area (TPSA) is 73.2 Å². The van der Waals surface area contributed by atoms with E-state index in [2.05, 4.69) is 0 Å². The van der Waals surface area contributed by atoms with Crippen molar-refractivity contribution in [1.82, 2.24) is 9.80 Å². The number of cyclic esters (lactones) is 1. The fourth-order valence-corrected chi connectivity index (χ4v) is 4.88. The molecule has 1 saturated heterocycles. The Balaban J connectivity index is 1.45. The average molecular weight is 427 g/mol. The number of carbonyl (C=O) groups excluding carboxylic acids is 1. The number of amides is 1. The molecule has 0 radical (unpaired) electrons. The molecule has 3 aliphatic rings. The molecule has 1 aliphatic carbocycles. The number of carbonyl (C=O) groups is 1. The Hall–Kier alpha value is -2.31. The SMILES string of the molecule is C[C@@H](c1ccc(C2=CC(O)N(C)C=C2)cc1)N1CCC(CC(C)(C)O)(C2CC2)OC1=O. The van der Waals surface area contributed by atoms with Gasteiger partial charge in [-0.25, -0.2) is 4.79 Å². The van der Waals surface area contributed by atoms with Crippen molar-refractivity contribution in [3.05, 3.63) is 53.7 Å². The zero-order valence-corrected chi connectivity index (χ0v) is 18.9. The second-order valence-electron chi connectivity index (χ2n) is 9.95. The van der Waals surface area contributed by atoms with Gasteiger partial charge in [0, 0.05) is 32.6 Å². The first-order chi connectivity index (χ1) is 14.6. The number of hydrogen-bond acceptors (Lipinski definition) is 5. The summed E-state index contributed by atoms with van der Waals surface area (Å²) in [5.74, 6) is 0.367. The molecule has 2 unspecified atom stereocenters. The van der Waals surface area contributed by atoms with Crippen LogP contribution in [0.15, 0.2) is 42.6 Å². The number of rotatable bonds is 6. The van der Waals surface area contributed by atoms with E-state index in [1.54, 1.807) is 23.6 Å². The van der Waals surface area contributed by atoms with Gasteiger partial charge in [-0.15, -0.1) is 0 Å². The van der Waals surface area contributed by atoms with Crippen LogP contribution in [-0.2, 0) is 4.74 Å². The van der Waals surface area contributed by atoms with E-state index in [1.165, 1.54) is 0 Å². The van der Waals surface area contributed by atoms with E-state index in [9.17, 15) is 15.0 Å². The number of allylic oxidation sites excluding steroid dienone is 2. The van der Waals surface area contributed by atoms with Crippen LogP contribution in [0.2, 0.25) is 0 Å². The first-order valence-corrected chi connectivity index (χ1v) is 11.2. The second-order valence-corrected chi connectivity index (χ2v) is 9.95. The lowest BCUT2D eigenvalue weighted by Crippen LogP contribution is -2.54.